The van der Waals surface area contributed by atoms with Gasteiger partial charge in [-0.3, -0.25) is 9.69 Å². The summed E-state index contributed by atoms with van der Waals surface area (Å²) in [5.41, 5.74) is 1.05. The van der Waals surface area contributed by atoms with Crippen LogP contribution in [0, 0.1) is 0 Å². The maximum Gasteiger partial charge on any atom is 0.317 e. The van der Waals surface area contributed by atoms with E-state index in [4.69, 9.17) is 9.84 Å². The summed E-state index contributed by atoms with van der Waals surface area (Å²) in [6.07, 6.45) is 2.18. The van der Waals surface area contributed by atoms with E-state index in [2.05, 4.69) is 0 Å². The predicted molar refractivity (Wildman–Crippen MR) is 68.8 cm³/mol. The Morgan fingerprint density at radius 2 is 2.17 bits per heavy atom. The first kappa shape index (κ1) is 12.9. The van der Waals surface area contributed by atoms with Crippen LogP contribution in [0.2, 0.25) is 0 Å². The number of methoxy groups -OCH3 is 1. The van der Waals surface area contributed by atoms with E-state index in [1.807, 2.05) is 36.1 Å². The van der Waals surface area contributed by atoms with Gasteiger partial charge in [0.25, 0.3) is 0 Å². The second kappa shape index (κ2) is 5.40. The lowest BCUT2D eigenvalue weighted by molar-refractivity contribution is -0.139. The molecule has 98 valence electrons. The molecule has 1 atom stereocenters. The average Bonchev–Trinajstić information content (AvgIpc) is 3.19. The SMILES string of the molecule is COc1ccccc1C(C)N(CC(=O)O)C1CC1. The van der Waals surface area contributed by atoms with Gasteiger partial charge in [-0.25, -0.2) is 0 Å². The Bertz CT molecular complexity index is 429. The minimum atomic E-state index is -0.774. The second-order valence-electron chi connectivity index (χ2n) is 4.72. The third kappa shape index (κ3) is 2.82. The molecule has 1 aromatic rings. The van der Waals surface area contributed by atoms with Crippen molar-refractivity contribution in [2.24, 2.45) is 0 Å². The summed E-state index contributed by atoms with van der Waals surface area (Å²) in [4.78, 5) is 13.0. The van der Waals surface area contributed by atoms with Gasteiger partial charge in [-0.1, -0.05) is 18.2 Å². The number of nitrogens with zero attached hydrogens (tertiary/aromatic N) is 1. The van der Waals surface area contributed by atoms with E-state index in [9.17, 15) is 4.79 Å². The van der Waals surface area contributed by atoms with Gasteiger partial charge in [0.15, 0.2) is 0 Å². The third-order valence-electron chi connectivity index (χ3n) is 3.42. The highest BCUT2D eigenvalue weighted by Crippen LogP contribution is 2.36. The summed E-state index contributed by atoms with van der Waals surface area (Å²) in [6, 6.07) is 8.26. The number of carbonyl (C=O) groups is 1. The van der Waals surface area contributed by atoms with E-state index >= 15 is 0 Å². The van der Waals surface area contributed by atoms with Gasteiger partial charge < -0.3 is 9.84 Å². The van der Waals surface area contributed by atoms with Crippen molar-refractivity contribution in [1.29, 1.82) is 0 Å². The average molecular weight is 249 g/mol. The lowest BCUT2D eigenvalue weighted by Crippen LogP contribution is -2.34. The first-order valence-corrected chi connectivity index (χ1v) is 6.24. The van der Waals surface area contributed by atoms with Crippen LogP contribution in [0.4, 0.5) is 0 Å². The maximum atomic E-state index is 11.0. The van der Waals surface area contributed by atoms with Crippen molar-refractivity contribution in [3.8, 4) is 5.75 Å². The fourth-order valence-corrected chi connectivity index (χ4v) is 2.33. The van der Waals surface area contributed by atoms with E-state index in [1.165, 1.54) is 0 Å². The number of carboxylic acids is 1. The minimum Gasteiger partial charge on any atom is -0.496 e. The Labute approximate surface area is 107 Å². The highest BCUT2D eigenvalue weighted by atomic mass is 16.5. The Kier molecular flexibility index (Phi) is 3.87. The molecule has 0 saturated heterocycles. The molecule has 0 heterocycles. The van der Waals surface area contributed by atoms with E-state index in [0.717, 1.165) is 24.2 Å². The zero-order valence-electron chi connectivity index (χ0n) is 10.8. The largest absolute Gasteiger partial charge is 0.496 e. The van der Waals surface area contributed by atoms with Crippen LogP contribution in [0.25, 0.3) is 0 Å². The monoisotopic (exact) mass is 249 g/mol. The molecule has 0 bridgehead atoms. The molecule has 0 amide bonds. The fourth-order valence-electron chi connectivity index (χ4n) is 2.33. The van der Waals surface area contributed by atoms with Crippen LogP contribution < -0.4 is 4.74 Å². The summed E-state index contributed by atoms with van der Waals surface area (Å²) < 4.78 is 5.35. The number of para-hydroxylation sites is 1. The number of rotatable bonds is 6. The predicted octanol–water partition coefficient (Wildman–Crippen LogP) is 2.31. The van der Waals surface area contributed by atoms with Gasteiger partial charge in [0.2, 0.25) is 0 Å². The van der Waals surface area contributed by atoms with E-state index < -0.39 is 5.97 Å². The van der Waals surface area contributed by atoms with Gasteiger partial charge in [-0.05, 0) is 25.8 Å². The van der Waals surface area contributed by atoms with Gasteiger partial charge in [0, 0.05) is 17.6 Å². The van der Waals surface area contributed by atoms with Crippen molar-refractivity contribution < 1.29 is 14.6 Å². The molecule has 4 heteroatoms. The third-order valence-corrected chi connectivity index (χ3v) is 3.42. The van der Waals surface area contributed by atoms with Crippen LogP contribution in [0.5, 0.6) is 5.75 Å². The van der Waals surface area contributed by atoms with Crippen LogP contribution >= 0.6 is 0 Å². The Balaban J connectivity index is 2.21. The Morgan fingerprint density at radius 1 is 1.50 bits per heavy atom. The molecule has 1 aliphatic carbocycles. The highest BCUT2D eigenvalue weighted by molar-refractivity contribution is 5.69. The van der Waals surface area contributed by atoms with Crippen molar-refractivity contribution in [3.05, 3.63) is 29.8 Å². The van der Waals surface area contributed by atoms with Crippen molar-refractivity contribution in [2.75, 3.05) is 13.7 Å². The molecule has 0 radical (unpaired) electrons. The molecule has 1 unspecified atom stereocenters. The quantitative estimate of drug-likeness (QED) is 0.840. The Hall–Kier alpha value is -1.55. The van der Waals surface area contributed by atoms with Gasteiger partial charge >= 0.3 is 5.97 Å². The molecule has 1 N–H and O–H groups in total. The van der Waals surface area contributed by atoms with E-state index in [-0.39, 0.29) is 12.6 Å². The molecule has 2 rings (SSSR count). The molecule has 18 heavy (non-hydrogen) atoms. The van der Waals surface area contributed by atoms with E-state index in [0.29, 0.717) is 6.04 Å². The summed E-state index contributed by atoms with van der Waals surface area (Å²) in [5, 5.41) is 9.01. The van der Waals surface area contributed by atoms with E-state index in [1.54, 1.807) is 7.11 Å². The van der Waals surface area contributed by atoms with Crippen molar-refractivity contribution >= 4 is 5.97 Å². The molecule has 1 aromatic carbocycles. The smallest absolute Gasteiger partial charge is 0.317 e. The number of aliphatic carboxylic acids is 1. The molecular formula is C14H19NO3. The van der Waals surface area contributed by atoms with Crippen LogP contribution in [-0.4, -0.2) is 35.7 Å². The first-order chi connectivity index (χ1) is 8.63. The summed E-state index contributed by atoms with van der Waals surface area (Å²) in [7, 11) is 1.64. The fraction of sp³-hybridized carbons (Fsp3) is 0.500. The lowest BCUT2D eigenvalue weighted by Gasteiger charge is -2.28. The zero-order valence-corrected chi connectivity index (χ0v) is 10.8. The van der Waals surface area contributed by atoms with Gasteiger partial charge in [0.05, 0.1) is 13.7 Å². The number of benzene rings is 1. The molecule has 4 nitrogen and oxygen atoms in total. The number of ether oxygens (including phenoxy) is 1. The van der Waals surface area contributed by atoms with Crippen LogP contribution in [0.1, 0.15) is 31.4 Å². The van der Waals surface area contributed by atoms with Crippen LogP contribution in [0.3, 0.4) is 0 Å². The molecule has 0 spiro atoms. The molecule has 0 aliphatic heterocycles. The van der Waals surface area contributed by atoms with Crippen molar-refractivity contribution in [1.82, 2.24) is 4.90 Å². The van der Waals surface area contributed by atoms with Crippen molar-refractivity contribution in [3.63, 3.8) is 0 Å². The highest BCUT2D eigenvalue weighted by Gasteiger charge is 2.34. The summed E-state index contributed by atoms with van der Waals surface area (Å²) in [5.74, 6) is 0.0460. The van der Waals surface area contributed by atoms with Crippen LogP contribution in [0.15, 0.2) is 24.3 Å². The summed E-state index contributed by atoms with van der Waals surface area (Å²) in [6.45, 7) is 2.13. The summed E-state index contributed by atoms with van der Waals surface area (Å²) >= 11 is 0. The zero-order chi connectivity index (χ0) is 13.1. The second-order valence-corrected chi connectivity index (χ2v) is 4.72. The number of hydrogen-bond donors (Lipinski definition) is 1. The normalized spacial score (nSPS) is 16.6. The van der Waals surface area contributed by atoms with Gasteiger partial charge in [0.1, 0.15) is 5.75 Å². The maximum absolute atomic E-state index is 11.0. The molecule has 1 saturated carbocycles. The lowest BCUT2D eigenvalue weighted by atomic mass is 10.1. The Morgan fingerprint density at radius 3 is 2.72 bits per heavy atom. The minimum absolute atomic E-state index is 0.0600. The van der Waals surface area contributed by atoms with Crippen molar-refractivity contribution in [2.45, 2.75) is 31.8 Å². The molecule has 0 aromatic heterocycles. The number of carboxylic acid groups (broad SMARTS) is 1. The topological polar surface area (TPSA) is 49.8 Å². The first-order valence-electron chi connectivity index (χ1n) is 6.24. The standard InChI is InChI=1S/C14H19NO3/c1-10(12-5-3-4-6-13(12)18-2)15(9-14(16)17)11-7-8-11/h3-6,10-11H,7-9H2,1-2H3,(H,16,17). The van der Waals surface area contributed by atoms with Crippen LogP contribution in [-0.2, 0) is 4.79 Å². The number of hydrogen-bond acceptors (Lipinski definition) is 3. The van der Waals surface area contributed by atoms with Gasteiger partial charge in [-0.2, -0.15) is 0 Å². The molecular weight excluding hydrogens is 230 g/mol. The molecule has 1 fully saturated rings. The molecule has 1 aliphatic rings. The van der Waals surface area contributed by atoms with Gasteiger partial charge in [-0.15, -0.1) is 0 Å².